The van der Waals surface area contributed by atoms with Gasteiger partial charge in [0.15, 0.2) is 45.4 Å². The minimum absolute atomic E-state index is 0.0519. The lowest BCUT2D eigenvalue weighted by Gasteiger charge is -2.09. The highest BCUT2D eigenvalue weighted by Gasteiger charge is 2.18. The number of hydrogen-bond donors (Lipinski definition) is 0. The quantitative estimate of drug-likeness (QED) is 0.298. The van der Waals surface area contributed by atoms with Crippen LogP contribution in [0.1, 0.15) is 10.4 Å². The first-order valence-electron chi connectivity index (χ1n) is 9.40. The van der Waals surface area contributed by atoms with E-state index in [0.29, 0.717) is 45.1 Å². The van der Waals surface area contributed by atoms with Gasteiger partial charge in [0.2, 0.25) is 0 Å². The smallest absolute Gasteiger partial charge is 0.200 e. The van der Waals surface area contributed by atoms with Crippen LogP contribution in [0.5, 0.6) is 17.2 Å². The Bertz CT molecular complexity index is 1250. The first-order chi connectivity index (χ1) is 15.0. The number of benzene rings is 2. The molecule has 4 aromatic rings. The summed E-state index contributed by atoms with van der Waals surface area (Å²) in [4.78, 5) is 12.7. The Kier molecular flexibility index (Phi) is 5.85. The van der Waals surface area contributed by atoms with E-state index in [2.05, 4.69) is 10.2 Å². The normalized spacial score (nSPS) is 11.0. The second kappa shape index (κ2) is 8.73. The van der Waals surface area contributed by atoms with Crippen molar-refractivity contribution in [3.05, 3.63) is 48.0 Å². The van der Waals surface area contributed by atoms with E-state index in [1.807, 2.05) is 31.3 Å². The van der Waals surface area contributed by atoms with Crippen LogP contribution in [-0.4, -0.2) is 47.6 Å². The standard InChI is InChI=1S/C22H21N3O5S/c1-25-21(19-11-14-6-5-7-17(28-3)20(14)30-19)23-24-22(25)31-12-15(26)13-8-9-16(27-2)18(10-13)29-4/h5-11H,12H2,1-4H3. The zero-order valence-corrected chi connectivity index (χ0v) is 18.4. The first kappa shape index (κ1) is 20.8. The van der Waals surface area contributed by atoms with Crippen LogP contribution in [0.4, 0.5) is 0 Å². The number of rotatable bonds is 8. The second-order valence-corrected chi connectivity index (χ2v) is 7.58. The van der Waals surface area contributed by atoms with E-state index in [0.717, 1.165) is 5.39 Å². The third kappa shape index (κ3) is 3.96. The van der Waals surface area contributed by atoms with Crippen LogP contribution in [0.3, 0.4) is 0 Å². The fourth-order valence-electron chi connectivity index (χ4n) is 3.19. The summed E-state index contributed by atoms with van der Waals surface area (Å²) >= 11 is 1.30. The molecule has 0 saturated heterocycles. The fraction of sp³-hybridized carbons (Fsp3) is 0.227. The highest BCUT2D eigenvalue weighted by molar-refractivity contribution is 7.99. The predicted octanol–water partition coefficient (Wildman–Crippen LogP) is 4.23. The number of thioether (sulfide) groups is 1. The van der Waals surface area contributed by atoms with Crippen LogP contribution >= 0.6 is 11.8 Å². The van der Waals surface area contributed by atoms with Crippen molar-refractivity contribution in [2.45, 2.75) is 5.16 Å². The second-order valence-electron chi connectivity index (χ2n) is 6.64. The number of hydrogen-bond acceptors (Lipinski definition) is 8. The van der Waals surface area contributed by atoms with E-state index in [1.165, 1.54) is 18.9 Å². The molecule has 0 atom stereocenters. The minimum Gasteiger partial charge on any atom is -0.493 e. The topological polar surface area (TPSA) is 88.6 Å². The molecule has 31 heavy (non-hydrogen) atoms. The molecule has 0 aliphatic rings. The number of ketones is 1. The lowest BCUT2D eigenvalue weighted by Crippen LogP contribution is -2.05. The van der Waals surface area contributed by atoms with Gasteiger partial charge in [-0.1, -0.05) is 23.9 Å². The van der Waals surface area contributed by atoms with E-state index in [-0.39, 0.29) is 11.5 Å². The molecule has 9 heteroatoms. The summed E-state index contributed by atoms with van der Waals surface area (Å²) < 4.78 is 23.6. The van der Waals surface area contributed by atoms with E-state index < -0.39 is 0 Å². The summed E-state index contributed by atoms with van der Waals surface area (Å²) in [5, 5.41) is 9.99. The molecule has 160 valence electrons. The van der Waals surface area contributed by atoms with Crippen molar-refractivity contribution in [2.75, 3.05) is 27.1 Å². The number of carbonyl (C=O) groups excluding carboxylic acids is 1. The molecule has 4 rings (SSSR count). The number of para-hydroxylation sites is 1. The third-order valence-corrected chi connectivity index (χ3v) is 5.84. The van der Waals surface area contributed by atoms with Gasteiger partial charge >= 0.3 is 0 Å². The number of nitrogens with zero attached hydrogens (tertiary/aromatic N) is 3. The maximum atomic E-state index is 12.7. The van der Waals surface area contributed by atoms with Gasteiger partial charge in [0.05, 0.1) is 27.1 Å². The van der Waals surface area contributed by atoms with Crippen LogP contribution in [0.25, 0.3) is 22.6 Å². The molecule has 0 bridgehead atoms. The summed E-state index contributed by atoms with van der Waals surface area (Å²) in [7, 11) is 6.53. The average molecular weight is 439 g/mol. The molecule has 0 radical (unpaired) electrons. The number of aromatic nitrogens is 3. The van der Waals surface area contributed by atoms with Crippen molar-refractivity contribution in [2.24, 2.45) is 7.05 Å². The van der Waals surface area contributed by atoms with Crippen LogP contribution in [0.2, 0.25) is 0 Å². The first-order valence-corrected chi connectivity index (χ1v) is 10.4. The van der Waals surface area contributed by atoms with Gasteiger partial charge in [0, 0.05) is 18.0 Å². The average Bonchev–Trinajstić information content (AvgIpc) is 3.39. The lowest BCUT2D eigenvalue weighted by atomic mass is 10.1. The Morgan fingerprint density at radius 3 is 2.52 bits per heavy atom. The monoisotopic (exact) mass is 439 g/mol. The van der Waals surface area contributed by atoms with Crippen molar-refractivity contribution >= 4 is 28.5 Å². The third-order valence-electron chi connectivity index (χ3n) is 4.82. The summed E-state index contributed by atoms with van der Waals surface area (Å²) in [6.45, 7) is 0. The fourth-order valence-corrected chi connectivity index (χ4v) is 3.99. The van der Waals surface area contributed by atoms with Crippen molar-refractivity contribution in [3.8, 4) is 28.8 Å². The number of ether oxygens (including phenoxy) is 3. The zero-order chi connectivity index (χ0) is 22.0. The number of Topliss-reactive ketones (excluding diaryl/α,β-unsaturated/α-hetero) is 1. The van der Waals surface area contributed by atoms with Gasteiger partial charge in [0.1, 0.15) is 0 Å². The Labute approximate surface area is 183 Å². The van der Waals surface area contributed by atoms with Crippen LogP contribution in [-0.2, 0) is 7.05 Å². The van der Waals surface area contributed by atoms with Crippen molar-refractivity contribution < 1.29 is 23.4 Å². The highest BCUT2D eigenvalue weighted by Crippen LogP contribution is 2.33. The van der Waals surface area contributed by atoms with Gasteiger partial charge in [-0.25, -0.2) is 0 Å². The van der Waals surface area contributed by atoms with Crippen molar-refractivity contribution in [1.29, 1.82) is 0 Å². The molecule has 2 heterocycles. The summed E-state index contributed by atoms with van der Waals surface area (Å²) in [5.41, 5.74) is 1.19. The highest BCUT2D eigenvalue weighted by atomic mass is 32.2. The van der Waals surface area contributed by atoms with Crippen LogP contribution < -0.4 is 14.2 Å². The number of fused-ring (bicyclic) bond motifs is 1. The van der Waals surface area contributed by atoms with Gasteiger partial charge in [-0.15, -0.1) is 10.2 Å². The van der Waals surface area contributed by atoms with E-state index in [9.17, 15) is 4.79 Å². The molecule has 0 saturated carbocycles. The minimum atomic E-state index is -0.0519. The summed E-state index contributed by atoms with van der Waals surface area (Å²) in [5.74, 6) is 3.04. The van der Waals surface area contributed by atoms with Crippen LogP contribution in [0, 0.1) is 0 Å². The summed E-state index contributed by atoms with van der Waals surface area (Å²) in [6, 6.07) is 12.7. The maximum absolute atomic E-state index is 12.7. The number of carbonyl (C=O) groups is 1. The molecular formula is C22H21N3O5S. The molecule has 0 amide bonds. The largest absolute Gasteiger partial charge is 0.493 e. The maximum Gasteiger partial charge on any atom is 0.200 e. The number of furan rings is 1. The van der Waals surface area contributed by atoms with Gasteiger partial charge in [-0.3, -0.25) is 4.79 Å². The molecule has 0 fully saturated rings. The van der Waals surface area contributed by atoms with Gasteiger partial charge in [-0.2, -0.15) is 0 Å². The van der Waals surface area contributed by atoms with Gasteiger partial charge in [-0.05, 0) is 30.3 Å². The van der Waals surface area contributed by atoms with E-state index in [1.54, 1.807) is 37.0 Å². The molecule has 0 aliphatic heterocycles. The molecule has 2 aromatic carbocycles. The molecular weight excluding hydrogens is 418 g/mol. The van der Waals surface area contributed by atoms with Gasteiger partial charge in [0.25, 0.3) is 0 Å². The van der Waals surface area contributed by atoms with E-state index >= 15 is 0 Å². The van der Waals surface area contributed by atoms with Gasteiger partial charge < -0.3 is 23.2 Å². The Morgan fingerprint density at radius 1 is 1.00 bits per heavy atom. The van der Waals surface area contributed by atoms with Crippen molar-refractivity contribution in [3.63, 3.8) is 0 Å². The molecule has 0 N–H and O–H groups in total. The molecule has 2 aromatic heterocycles. The SMILES string of the molecule is COc1ccc(C(=O)CSc2nnc(-c3cc4cccc(OC)c4o3)n2C)cc1OC. The van der Waals surface area contributed by atoms with E-state index in [4.69, 9.17) is 18.6 Å². The van der Waals surface area contributed by atoms with Crippen LogP contribution in [0.15, 0.2) is 52.0 Å². The Balaban J connectivity index is 1.52. The van der Waals surface area contributed by atoms with Crippen molar-refractivity contribution in [1.82, 2.24) is 14.8 Å². The molecule has 0 spiro atoms. The summed E-state index contributed by atoms with van der Waals surface area (Å²) in [6.07, 6.45) is 0. The zero-order valence-electron chi connectivity index (χ0n) is 17.5. The molecule has 0 aliphatic carbocycles. The molecule has 0 unspecified atom stereocenters. The lowest BCUT2D eigenvalue weighted by molar-refractivity contribution is 0.102. The molecule has 8 nitrogen and oxygen atoms in total. The number of methoxy groups -OCH3 is 3. The Morgan fingerprint density at radius 2 is 1.77 bits per heavy atom. The predicted molar refractivity (Wildman–Crippen MR) is 117 cm³/mol. The Hall–Kier alpha value is -3.46.